The molecule has 5 heteroatoms. The summed E-state index contributed by atoms with van der Waals surface area (Å²) in [7, 11) is 0. The number of phenols is 1. The smallest absolute Gasteiger partial charge is 0.338 e. The van der Waals surface area contributed by atoms with Crippen molar-refractivity contribution >= 4 is 51.2 Å². The minimum Gasteiger partial charge on any atom is -0.506 e. The number of ether oxygens (including phenoxy) is 1. The number of carbonyl (C=O) groups excluding carboxylic acids is 1. The van der Waals surface area contributed by atoms with Crippen LogP contribution in [0.2, 0.25) is 0 Å². The number of unbranched alkanes of at least 4 members (excludes halogenated alkanes) is 1. The van der Waals surface area contributed by atoms with Crippen LogP contribution >= 0.6 is 45.2 Å². The number of carbonyl (C=O) groups is 1. The van der Waals surface area contributed by atoms with Crippen LogP contribution in [0.25, 0.3) is 0 Å². The Morgan fingerprint density at radius 1 is 1.38 bits per heavy atom. The molecule has 1 aromatic rings. The highest BCUT2D eigenvalue weighted by Crippen LogP contribution is 2.27. The summed E-state index contributed by atoms with van der Waals surface area (Å²) in [6.07, 6.45) is 1.87. The van der Waals surface area contributed by atoms with Crippen LogP contribution in [0.5, 0.6) is 5.75 Å². The van der Waals surface area contributed by atoms with Gasteiger partial charge >= 0.3 is 5.97 Å². The highest BCUT2D eigenvalue weighted by molar-refractivity contribution is 14.1. The zero-order valence-corrected chi connectivity index (χ0v) is 13.1. The molecule has 3 nitrogen and oxygen atoms in total. The summed E-state index contributed by atoms with van der Waals surface area (Å²) in [6, 6.07) is 3.26. The summed E-state index contributed by atoms with van der Waals surface area (Å²) in [6.45, 7) is 2.49. The van der Waals surface area contributed by atoms with Gasteiger partial charge in [-0.25, -0.2) is 4.79 Å². The number of phenolic OH excluding ortho intramolecular Hbond substituents is 1. The van der Waals surface area contributed by atoms with Crippen molar-refractivity contribution in [3.05, 3.63) is 24.8 Å². The molecule has 0 unspecified atom stereocenters. The van der Waals surface area contributed by atoms with Crippen molar-refractivity contribution in [2.45, 2.75) is 19.8 Å². The van der Waals surface area contributed by atoms with Crippen molar-refractivity contribution in [3.8, 4) is 5.75 Å². The van der Waals surface area contributed by atoms with Crippen LogP contribution in [-0.4, -0.2) is 17.7 Å². The van der Waals surface area contributed by atoms with Crippen molar-refractivity contribution in [2.75, 3.05) is 6.61 Å². The number of halogens is 2. The number of rotatable bonds is 4. The van der Waals surface area contributed by atoms with Gasteiger partial charge in [-0.15, -0.1) is 0 Å². The van der Waals surface area contributed by atoms with E-state index >= 15 is 0 Å². The Kier molecular flexibility index (Phi) is 5.81. The van der Waals surface area contributed by atoms with Gasteiger partial charge in [0.15, 0.2) is 0 Å². The predicted octanol–water partition coefficient (Wildman–Crippen LogP) is 3.56. The number of benzene rings is 1. The van der Waals surface area contributed by atoms with Gasteiger partial charge in [0.25, 0.3) is 0 Å². The van der Waals surface area contributed by atoms with E-state index in [0.29, 0.717) is 19.3 Å². The van der Waals surface area contributed by atoms with Crippen molar-refractivity contribution < 1.29 is 14.6 Å². The SMILES string of the molecule is CCCCOC(=O)c1cc(I)c(O)c(I)c1. The molecular weight excluding hydrogens is 434 g/mol. The zero-order valence-electron chi connectivity index (χ0n) is 8.80. The van der Waals surface area contributed by atoms with Gasteiger partial charge in [0.2, 0.25) is 0 Å². The highest BCUT2D eigenvalue weighted by atomic mass is 127. The lowest BCUT2D eigenvalue weighted by Crippen LogP contribution is -2.07. The maximum atomic E-state index is 11.6. The molecule has 0 aliphatic carbocycles. The monoisotopic (exact) mass is 446 g/mol. The molecule has 0 heterocycles. The number of esters is 1. The molecule has 88 valence electrons. The highest BCUT2D eigenvalue weighted by Gasteiger charge is 2.12. The topological polar surface area (TPSA) is 46.5 Å². The average Bonchev–Trinajstić information content (AvgIpc) is 2.25. The van der Waals surface area contributed by atoms with Gasteiger partial charge in [-0.3, -0.25) is 0 Å². The number of hydrogen-bond acceptors (Lipinski definition) is 3. The van der Waals surface area contributed by atoms with Gasteiger partial charge < -0.3 is 9.84 Å². The summed E-state index contributed by atoms with van der Waals surface area (Å²) < 4.78 is 6.41. The molecule has 1 rings (SSSR count). The maximum absolute atomic E-state index is 11.6. The minimum absolute atomic E-state index is 0.214. The molecule has 0 aromatic heterocycles. The molecule has 0 fully saturated rings. The Hall–Kier alpha value is -0.0500. The normalized spacial score (nSPS) is 10.2. The summed E-state index contributed by atoms with van der Waals surface area (Å²) in [5, 5.41) is 9.56. The van der Waals surface area contributed by atoms with Crippen LogP contribution in [-0.2, 0) is 4.74 Å². The summed E-state index contributed by atoms with van der Waals surface area (Å²) in [5.74, 6) is -0.115. The lowest BCUT2D eigenvalue weighted by Gasteiger charge is -2.06. The van der Waals surface area contributed by atoms with E-state index in [1.54, 1.807) is 12.1 Å². The maximum Gasteiger partial charge on any atom is 0.338 e. The van der Waals surface area contributed by atoms with Gasteiger partial charge in [-0.1, -0.05) is 13.3 Å². The summed E-state index contributed by atoms with van der Waals surface area (Å²) >= 11 is 3.98. The van der Waals surface area contributed by atoms with Crippen molar-refractivity contribution in [2.24, 2.45) is 0 Å². The number of aromatic hydroxyl groups is 1. The second-order valence-corrected chi connectivity index (χ2v) is 5.60. The van der Waals surface area contributed by atoms with Gasteiger partial charge in [-0.05, 0) is 63.7 Å². The first kappa shape index (κ1) is 14.0. The van der Waals surface area contributed by atoms with E-state index < -0.39 is 0 Å². The van der Waals surface area contributed by atoms with Gasteiger partial charge in [0.1, 0.15) is 5.75 Å². The van der Waals surface area contributed by atoms with Gasteiger partial charge in [-0.2, -0.15) is 0 Å². The van der Waals surface area contributed by atoms with Crippen molar-refractivity contribution in [1.82, 2.24) is 0 Å². The van der Waals surface area contributed by atoms with E-state index in [0.717, 1.165) is 12.8 Å². The molecule has 1 aromatic carbocycles. The predicted molar refractivity (Wildman–Crippen MR) is 78.7 cm³/mol. The van der Waals surface area contributed by atoms with E-state index in [4.69, 9.17) is 4.74 Å². The second-order valence-electron chi connectivity index (χ2n) is 3.28. The first-order valence-electron chi connectivity index (χ1n) is 4.91. The average molecular weight is 446 g/mol. The molecule has 0 aliphatic heterocycles. The molecule has 16 heavy (non-hydrogen) atoms. The van der Waals surface area contributed by atoms with Crippen LogP contribution in [0.15, 0.2) is 12.1 Å². The fourth-order valence-corrected chi connectivity index (χ4v) is 2.84. The third-order valence-corrected chi connectivity index (χ3v) is 3.63. The van der Waals surface area contributed by atoms with E-state index in [2.05, 4.69) is 0 Å². The first-order chi connectivity index (χ1) is 7.56. The Morgan fingerprint density at radius 3 is 2.44 bits per heavy atom. The lowest BCUT2D eigenvalue weighted by molar-refractivity contribution is 0.0499. The molecular formula is C11H12I2O3. The fraction of sp³-hybridized carbons (Fsp3) is 0.364. The quantitative estimate of drug-likeness (QED) is 0.438. The standard InChI is InChI=1S/C11H12I2O3/c1-2-3-4-16-11(15)7-5-8(12)10(14)9(13)6-7/h5-6,14H,2-4H2,1H3. The summed E-state index contributed by atoms with van der Waals surface area (Å²) in [5.41, 5.74) is 0.489. The molecule has 0 bridgehead atoms. The van der Waals surface area contributed by atoms with Crippen LogP contribution in [0, 0.1) is 7.14 Å². The molecule has 0 atom stereocenters. The molecule has 0 aliphatic rings. The molecule has 0 saturated heterocycles. The minimum atomic E-state index is -0.329. The lowest BCUT2D eigenvalue weighted by atomic mass is 10.2. The Labute approximate surface area is 122 Å². The largest absolute Gasteiger partial charge is 0.506 e. The Balaban J connectivity index is 2.76. The Bertz CT molecular complexity index is 368. The van der Waals surface area contributed by atoms with Gasteiger partial charge in [0, 0.05) is 0 Å². The van der Waals surface area contributed by atoms with Crippen molar-refractivity contribution in [3.63, 3.8) is 0 Å². The summed E-state index contributed by atoms with van der Waals surface area (Å²) in [4.78, 5) is 11.6. The molecule has 0 saturated carbocycles. The third kappa shape index (κ3) is 3.76. The van der Waals surface area contributed by atoms with Crippen LogP contribution in [0.1, 0.15) is 30.1 Å². The van der Waals surface area contributed by atoms with E-state index in [1.165, 1.54) is 0 Å². The van der Waals surface area contributed by atoms with Crippen LogP contribution in [0.3, 0.4) is 0 Å². The molecule has 0 radical (unpaired) electrons. The fourth-order valence-electron chi connectivity index (χ4n) is 1.08. The van der Waals surface area contributed by atoms with E-state index in [1.807, 2.05) is 52.1 Å². The molecule has 0 spiro atoms. The Morgan fingerprint density at radius 2 is 1.94 bits per heavy atom. The van der Waals surface area contributed by atoms with E-state index in [9.17, 15) is 9.90 Å². The zero-order chi connectivity index (χ0) is 12.1. The van der Waals surface area contributed by atoms with Crippen LogP contribution < -0.4 is 0 Å². The number of hydrogen-bond donors (Lipinski definition) is 1. The van der Waals surface area contributed by atoms with Crippen LogP contribution in [0.4, 0.5) is 0 Å². The molecule has 1 N–H and O–H groups in total. The molecule has 0 amide bonds. The third-order valence-electron chi connectivity index (χ3n) is 1.98. The van der Waals surface area contributed by atoms with E-state index in [-0.39, 0.29) is 11.7 Å². The van der Waals surface area contributed by atoms with Gasteiger partial charge in [0.05, 0.1) is 19.3 Å². The first-order valence-corrected chi connectivity index (χ1v) is 7.07. The van der Waals surface area contributed by atoms with Crippen molar-refractivity contribution in [1.29, 1.82) is 0 Å². The second kappa shape index (κ2) is 6.63.